The zero-order valence-corrected chi connectivity index (χ0v) is 16.4. The molecule has 1 aliphatic rings. The predicted molar refractivity (Wildman–Crippen MR) is 110 cm³/mol. The van der Waals surface area contributed by atoms with E-state index in [2.05, 4.69) is 21.2 Å². The van der Waals surface area contributed by atoms with Gasteiger partial charge in [-0.25, -0.2) is 0 Å². The first-order chi connectivity index (χ1) is 13.2. The Bertz CT molecular complexity index is 761. The van der Waals surface area contributed by atoms with Crippen LogP contribution in [0.5, 0.6) is 5.75 Å². The normalized spacial score (nSPS) is 14.8. The fourth-order valence-corrected chi connectivity index (χ4v) is 3.57. The maximum Gasteiger partial charge on any atom is 0.252 e. The fraction of sp³-hybridized carbons (Fsp3) is 0.381. The molecule has 2 aromatic rings. The SMILES string of the molecule is COc1ccccc1N1CCN(CCCNC(=O)c2ccccc2Cl)CC1. The average Bonchev–Trinajstić information content (AvgIpc) is 2.72. The third-order valence-electron chi connectivity index (χ3n) is 4.85. The molecule has 1 N–H and O–H groups in total. The lowest BCUT2D eigenvalue weighted by Gasteiger charge is -2.36. The van der Waals surface area contributed by atoms with E-state index < -0.39 is 0 Å². The molecule has 1 heterocycles. The summed E-state index contributed by atoms with van der Waals surface area (Å²) in [5, 5.41) is 3.44. The number of carbonyl (C=O) groups is 1. The number of halogens is 1. The quantitative estimate of drug-likeness (QED) is 0.740. The number of nitrogens with one attached hydrogen (secondary N) is 1. The Balaban J connectivity index is 1.39. The molecule has 27 heavy (non-hydrogen) atoms. The Morgan fingerprint density at radius 3 is 2.52 bits per heavy atom. The fourth-order valence-electron chi connectivity index (χ4n) is 3.35. The number of para-hydroxylation sites is 2. The van der Waals surface area contributed by atoms with E-state index in [1.165, 1.54) is 0 Å². The van der Waals surface area contributed by atoms with Gasteiger partial charge in [-0.2, -0.15) is 0 Å². The summed E-state index contributed by atoms with van der Waals surface area (Å²) in [6, 6.07) is 15.3. The highest BCUT2D eigenvalue weighted by Crippen LogP contribution is 2.28. The van der Waals surface area contributed by atoms with Crippen LogP contribution in [0.15, 0.2) is 48.5 Å². The summed E-state index contributed by atoms with van der Waals surface area (Å²) in [5.74, 6) is 0.815. The summed E-state index contributed by atoms with van der Waals surface area (Å²) in [7, 11) is 1.71. The van der Waals surface area contributed by atoms with Gasteiger partial charge in [0.15, 0.2) is 0 Å². The van der Waals surface area contributed by atoms with Crippen molar-refractivity contribution >= 4 is 23.2 Å². The lowest BCUT2D eigenvalue weighted by molar-refractivity contribution is 0.0951. The molecule has 6 heteroatoms. The second-order valence-electron chi connectivity index (χ2n) is 6.59. The summed E-state index contributed by atoms with van der Waals surface area (Å²) in [4.78, 5) is 17.0. The van der Waals surface area contributed by atoms with E-state index in [1.54, 1.807) is 19.2 Å². The molecule has 0 atom stereocenters. The highest BCUT2D eigenvalue weighted by molar-refractivity contribution is 6.33. The smallest absolute Gasteiger partial charge is 0.252 e. The van der Waals surface area contributed by atoms with Crippen LogP contribution in [-0.4, -0.2) is 57.2 Å². The molecule has 1 fully saturated rings. The number of nitrogens with zero attached hydrogens (tertiary/aromatic N) is 2. The van der Waals surface area contributed by atoms with Crippen molar-refractivity contribution in [2.75, 3.05) is 51.3 Å². The molecule has 0 spiro atoms. The lowest BCUT2D eigenvalue weighted by Crippen LogP contribution is -2.47. The van der Waals surface area contributed by atoms with Crippen LogP contribution in [0.4, 0.5) is 5.69 Å². The maximum atomic E-state index is 12.1. The molecule has 5 nitrogen and oxygen atoms in total. The van der Waals surface area contributed by atoms with Crippen molar-refractivity contribution in [3.05, 3.63) is 59.1 Å². The molecule has 0 saturated carbocycles. The molecule has 1 aliphatic heterocycles. The number of hydrogen-bond donors (Lipinski definition) is 1. The third-order valence-corrected chi connectivity index (χ3v) is 5.18. The van der Waals surface area contributed by atoms with E-state index in [0.717, 1.165) is 50.6 Å². The van der Waals surface area contributed by atoms with Gasteiger partial charge in [-0.05, 0) is 37.2 Å². The van der Waals surface area contributed by atoms with Crippen LogP contribution in [0.2, 0.25) is 5.02 Å². The highest BCUT2D eigenvalue weighted by Gasteiger charge is 2.19. The molecule has 0 unspecified atom stereocenters. The number of anilines is 1. The zero-order valence-electron chi connectivity index (χ0n) is 15.7. The largest absolute Gasteiger partial charge is 0.495 e. The van der Waals surface area contributed by atoms with Crippen molar-refractivity contribution in [2.24, 2.45) is 0 Å². The topological polar surface area (TPSA) is 44.8 Å². The van der Waals surface area contributed by atoms with Crippen LogP contribution in [0, 0.1) is 0 Å². The van der Waals surface area contributed by atoms with Crippen molar-refractivity contribution in [3.63, 3.8) is 0 Å². The summed E-state index contributed by atoms with van der Waals surface area (Å²) < 4.78 is 5.47. The maximum absolute atomic E-state index is 12.1. The minimum absolute atomic E-state index is 0.110. The van der Waals surface area contributed by atoms with Crippen molar-refractivity contribution in [2.45, 2.75) is 6.42 Å². The van der Waals surface area contributed by atoms with Gasteiger partial charge in [0.05, 0.1) is 23.4 Å². The summed E-state index contributed by atoms with van der Waals surface area (Å²) >= 11 is 6.06. The highest BCUT2D eigenvalue weighted by atomic mass is 35.5. The molecular formula is C21H26ClN3O2. The van der Waals surface area contributed by atoms with Gasteiger partial charge in [0.2, 0.25) is 0 Å². The van der Waals surface area contributed by atoms with Gasteiger partial charge < -0.3 is 15.0 Å². The third kappa shape index (κ3) is 5.15. The van der Waals surface area contributed by atoms with Crippen LogP contribution in [0.3, 0.4) is 0 Å². The van der Waals surface area contributed by atoms with Crippen LogP contribution < -0.4 is 15.0 Å². The van der Waals surface area contributed by atoms with E-state index in [1.807, 2.05) is 30.3 Å². The molecule has 0 radical (unpaired) electrons. The molecule has 3 rings (SSSR count). The van der Waals surface area contributed by atoms with Crippen LogP contribution in [0.25, 0.3) is 0 Å². The van der Waals surface area contributed by atoms with Gasteiger partial charge in [-0.3, -0.25) is 9.69 Å². The molecule has 144 valence electrons. The van der Waals surface area contributed by atoms with Gasteiger partial charge >= 0.3 is 0 Å². The Hall–Kier alpha value is -2.24. The molecular weight excluding hydrogens is 362 g/mol. The lowest BCUT2D eigenvalue weighted by atomic mass is 10.2. The number of hydrogen-bond acceptors (Lipinski definition) is 4. The van der Waals surface area contributed by atoms with E-state index in [-0.39, 0.29) is 5.91 Å². The minimum atomic E-state index is -0.110. The van der Waals surface area contributed by atoms with E-state index >= 15 is 0 Å². The van der Waals surface area contributed by atoms with Crippen molar-refractivity contribution in [1.29, 1.82) is 0 Å². The second kappa shape index (κ2) is 9.62. The van der Waals surface area contributed by atoms with Crippen LogP contribution in [0.1, 0.15) is 16.8 Å². The number of carbonyl (C=O) groups excluding carboxylic acids is 1. The number of methoxy groups -OCH3 is 1. The van der Waals surface area contributed by atoms with Crippen LogP contribution in [-0.2, 0) is 0 Å². The standard InChI is InChI=1S/C21H26ClN3O2/c1-27-20-10-5-4-9-19(20)25-15-13-24(14-16-25)12-6-11-23-21(26)17-7-2-3-8-18(17)22/h2-5,7-10H,6,11-16H2,1H3,(H,23,26). The monoisotopic (exact) mass is 387 g/mol. The molecule has 2 aromatic carbocycles. The number of piperazine rings is 1. The van der Waals surface area contributed by atoms with Crippen LogP contribution >= 0.6 is 11.6 Å². The van der Waals surface area contributed by atoms with Crippen molar-refractivity contribution in [3.8, 4) is 5.75 Å². The number of ether oxygens (including phenoxy) is 1. The number of amides is 1. The zero-order chi connectivity index (χ0) is 19.1. The first-order valence-corrected chi connectivity index (χ1v) is 9.70. The number of benzene rings is 2. The van der Waals surface area contributed by atoms with Gasteiger partial charge in [0.25, 0.3) is 5.91 Å². The molecule has 0 aliphatic carbocycles. The van der Waals surface area contributed by atoms with Gasteiger partial charge in [0.1, 0.15) is 5.75 Å². The Kier molecular flexibility index (Phi) is 6.96. The predicted octanol–water partition coefficient (Wildman–Crippen LogP) is 3.29. The molecule has 1 saturated heterocycles. The summed E-state index contributed by atoms with van der Waals surface area (Å²) in [6.07, 6.45) is 0.921. The van der Waals surface area contributed by atoms with E-state index in [0.29, 0.717) is 17.1 Å². The Morgan fingerprint density at radius 2 is 1.78 bits per heavy atom. The van der Waals surface area contributed by atoms with E-state index in [9.17, 15) is 4.79 Å². The van der Waals surface area contributed by atoms with Crippen molar-refractivity contribution in [1.82, 2.24) is 10.2 Å². The molecule has 0 aromatic heterocycles. The van der Waals surface area contributed by atoms with Gasteiger partial charge in [-0.15, -0.1) is 0 Å². The Morgan fingerprint density at radius 1 is 1.07 bits per heavy atom. The van der Waals surface area contributed by atoms with Gasteiger partial charge in [0, 0.05) is 32.7 Å². The second-order valence-corrected chi connectivity index (χ2v) is 7.00. The van der Waals surface area contributed by atoms with Crippen molar-refractivity contribution < 1.29 is 9.53 Å². The summed E-state index contributed by atoms with van der Waals surface area (Å²) in [5.41, 5.74) is 1.69. The number of rotatable bonds is 7. The first-order valence-electron chi connectivity index (χ1n) is 9.32. The van der Waals surface area contributed by atoms with Gasteiger partial charge in [-0.1, -0.05) is 35.9 Å². The van der Waals surface area contributed by atoms with E-state index in [4.69, 9.17) is 16.3 Å². The first kappa shape index (κ1) is 19.5. The Labute approximate surface area is 165 Å². The average molecular weight is 388 g/mol. The minimum Gasteiger partial charge on any atom is -0.495 e. The molecule has 0 bridgehead atoms. The summed E-state index contributed by atoms with van der Waals surface area (Å²) in [6.45, 7) is 5.60. The molecule has 1 amide bonds.